The van der Waals surface area contributed by atoms with E-state index in [4.69, 9.17) is 9.47 Å². The molecule has 0 saturated carbocycles. The fraction of sp³-hybridized carbons (Fsp3) is 0.200. The third-order valence-electron chi connectivity index (χ3n) is 3.70. The summed E-state index contributed by atoms with van der Waals surface area (Å²) in [4.78, 5) is 16.1. The zero-order chi connectivity index (χ0) is 16.8. The van der Waals surface area contributed by atoms with Crippen molar-refractivity contribution in [2.75, 3.05) is 6.61 Å². The number of benzene rings is 2. The van der Waals surface area contributed by atoms with Gasteiger partial charge in [0.2, 0.25) is 0 Å². The number of esters is 1. The first-order chi connectivity index (χ1) is 11.7. The van der Waals surface area contributed by atoms with Gasteiger partial charge in [-0.05, 0) is 30.0 Å². The number of hydrogen-bond acceptors (Lipinski definition) is 4. The molecule has 0 saturated heterocycles. The Bertz CT molecular complexity index is 840. The van der Waals surface area contributed by atoms with E-state index in [1.165, 1.54) is 0 Å². The molecule has 3 rings (SSSR count). The number of fused-ring (bicyclic) bond motifs is 1. The summed E-state index contributed by atoms with van der Waals surface area (Å²) in [6, 6.07) is 15.7. The minimum atomic E-state index is -0.282. The Morgan fingerprint density at radius 1 is 1.08 bits per heavy atom. The summed E-state index contributed by atoms with van der Waals surface area (Å²) in [5, 5.41) is 2.09. The van der Waals surface area contributed by atoms with Crippen LogP contribution in [0.15, 0.2) is 60.9 Å². The third kappa shape index (κ3) is 4.10. The average Bonchev–Trinajstić information content (AvgIpc) is 2.60. The van der Waals surface area contributed by atoms with Gasteiger partial charge in [-0.25, -0.2) is 0 Å². The van der Waals surface area contributed by atoms with Crippen LogP contribution in [0.5, 0.6) is 5.75 Å². The van der Waals surface area contributed by atoms with Gasteiger partial charge < -0.3 is 9.47 Å². The van der Waals surface area contributed by atoms with Gasteiger partial charge in [-0.3, -0.25) is 9.78 Å². The van der Waals surface area contributed by atoms with Crippen LogP contribution in [-0.2, 0) is 16.1 Å². The predicted octanol–water partition coefficient (Wildman–Crippen LogP) is 4.06. The highest BCUT2D eigenvalue weighted by Crippen LogP contribution is 2.18. The number of hydrogen-bond donors (Lipinski definition) is 0. The lowest BCUT2D eigenvalue weighted by Gasteiger charge is -2.09. The molecule has 0 amide bonds. The van der Waals surface area contributed by atoms with E-state index < -0.39 is 0 Å². The first kappa shape index (κ1) is 16.0. The molecule has 0 spiro atoms. The summed E-state index contributed by atoms with van der Waals surface area (Å²) in [6.45, 7) is 2.52. The van der Waals surface area contributed by atoms with Gasteiger partial charge >= 0.3 is 5.97 Å². The lowest BCUT2D eigenvalue weighted by atomic mass is 10.1. The molecule has 2 aromatic carbocycles. The Hall–Kier alpha value is -2.88. The van der Waals surface area contributed by atoms with Crippen LogP contribution in [0.1, 0.15) is 17.5 Å². The summed E-state index contributed by atoms with van der Waals surface area (Å²) in [6.07, 6.45) is 3.75. The molecule has 4 nitrogen and oxygen atoms in total. The molecule has 0 N–H and O–H groups in total. The van der Waals surface area contributed by atoms with E-state index in [0.717, 1.165) is 27.6 Å². The van der Waals surface area contributed by atoms with Gasteiger partial charge in [-0.15, -0.1) is 0 Å². The first-order valence-electron chi connectivity index (χ1n) is 7.89. The van der Waals surface area contributed by atoms with Crippen LogP contribution in [0.4, 0.5) is 0 Å². The number of carbonyl (C=O) groups is 1. The average molecular weight is 321 g/mol. The van der Waals surface area contributed by atoms with Crippen molar-refractivity contribution in [1.82, 2.24) is 4.98 Å². The zero-order valence-electron chi connectivity index (χ0n) is 13.6. The molecule has 0 aliphatic heterocycles. The maximum atomic E-state index is 11.9. The second-order valence-corrected chi connectivity index (χ2v) is 5.60. The van der Waals surface area contributed by atoms with Crippen molar-refractivity contribution in [3.63, 3.8) is 0 Å². The van der Waals surface area contributed by atoms with Gasteiger partial charge in [0.1, 0.15) is 12.4 Å². The molecular weight excluding hydrogens is 302 g/mol. The fourth-order valence-electron chi connectivity index (χ4n) is 2.48. The molecule has 0 atom stereocenters. The maximum Gasteiger partial charge on any atom is 0.309 e. The molecule has 0 aliphatic rings. The Morgan fingerprint density at radius 2 is 1.96 bits per heavy atom. The normalized spacial score (nSPS) is 10.5. The van der Waals surface area contributed by atoms with Crippen molar-refractivity contribution in [2.24, 2.45) is 0 Å². The van der Waals surface area contributed by atoms with Crippen molar-refractivity contribution in [2.45, 2.75) is 20.0 Å². The second-order valence-electron chi connectivity index (χ2n) is 5.60. The van der Waals surface area contributed by atoms with Gasteiger partial charge in [0.15, 0.2) is 0 Å². The van der Waals surface area contributed by atoms with Crippen LogP contribution in [0.2, 0.25) is 0 Å². The first-order valence-corrected chi connectivity index (χ1v) is 7.89. The SMILES string of the molecule is Cc1cccc(OCCC(=O)OCc2cncc3ccccc23)c1. The monoisotopic (exact) mass is 321 g/mol. The van der Waals surface area contributed by atoms with Crippen molar-refractivity contribution in [3.8, 4) is 5.75 Å². The van der Waals surface area contributed by atoms with Gasteiger partial charge in [0.05, 0.1) is 13.0 Å². The van der Waals surface area contributed by atoms with Crippen LogP contribution >= 0.6 is 0 Å². The van der Waals surface area contributed by atoms with E-state index in [0.29, 0.717) is 6.61 Å². The molecule has 24 heavy (non-hydrogen) atoms. The lowest BCUT2D eigenvalue weighted by molar-refractivity contribution is -0.145. The van der Waals surface area contributed by atoms with E-state index in [9.17, 15) is 4.79 Å². The van der Waals surface area contributed by atoms with Crippen molar-refractivity contribution in [1.29, 1.82) is 0 Å². The van der Waals surface area contributed by atoms with Gasteiger partial charge in [0, 0.05) is 23.3 Å². The molecule has 0 fully saturated rings. The van der Waals surface area contributed by atoms with Crippen LogP contribution < -0.4 is 4.74 Å². The number of nitrogens with zero attached hydrogens (tertiary/aromatic N) is 1. The van der Waals surface area contributed by atoms with Crippen LogP contribution in [0.25, 0.3) is 10.8 Å². The van der Waals surface area contributed by atoms with E-state index in [1.807, 2.05) is 55.5 Å². The quantitative estimate of drug-likeness (QED) is 0.643. The number of rotatable bonds is 6. The third-order valence-corrected chi connectivity index (χ3v) is 3.70. The predicted molar refractivity (Wildman–Crippen MR) is 92.8 cm³/mol. The molecule has 0 bridgehead atoms. The number of aryl methyl sites for hydroxylation is 1. The summed E-state index contributed by atoms with van der Waals surface area (Å²) in [5.74, 6) is 0.483. The summed E-state index contributed by atoms with van der Waals surface area (Å²) in [7, 11) is 0. The minimum absolute atomic E-state index is 0.214. The minimum Gasteiger partial charge on any atom is -0.493 e. The molecule has 3 aromatic rings. The topological polar surface area (TPSA) is 48.4 Å². The van der Waals surface area contributed by atoms with Crippen LogP contribution in [0.3, 0.4) is 0 Å². The maximum absolute atomic E-state index is 11.9. The van der Waals surface area contributed by atoms with Crippen molar-refractivity contribution < 1.29 is 14.3 Å². The molecular formula is C20H19NO3. The lowest BCUT2D eigenvalue weighted by Crippen LogP contribution is -2.10. The number of pyridine rings is 1. The van der Waals surface area contributed by atoms with E-state index >= 15 is 0 Å². The summed E-state index contributed by atoms with van der Waals surface area (Å²) in [5.41, 5.74) is 2.03. The van der Waals surface area contributed by atoms with Crippen LogP contribution in [-0.4, -0.2) is 17.6 Å². The van der Waals surface area contributed by atoms with Crippen molar-refractivity contribution >= 4 is 16.7 Å². The van der Waals surface area contributed by atoms with E-state index in [-0.39, 0.29) is 19.0 Å². The molecule has 0 unspecified atom stereocenters. The number of carbonyl (C=O) groups excluding carboxylic acids is 1. The molecule has 1 heterocycles. The Morgan fingerprint density at radius 3 is 2.83 bits per heavy atom. The highest BCUT2D eigenvalue weighted by molar-refractivity contribution is 5.84. The summed E-state index contributed by atoms with van der Waals surface area (Å²) >= 11 is 0. The standard InChI is InChI=1S/C20H19NO3/c1-15-5-4-7-18(11-15)23-10-9-20(22)24-14-17-13-21-12-16-6-2-3-8-19(16)17/h2-8,11-13H,9-10,14H2,1H3. The molecule has 122 valence electrons. The molecule has 4 heteroatoms. The van der Waals surface area contributed by atoms with Gasteiger partial charge in [-0.1, -0.05) is 36.4 Å². The zero-order valence-corrected chi connectivity index (χ0v) is 13.6. The number of ether oxygens (including phenoxy) is 2. The summed E-state index contributed by atoms with van der Waals surface area (Å²) < 4.78 is 10.9. The second kappa shape index (κ2) is 7.59. The fourth-order valence-corrected chi connectivity index (χ4v) is 2.48. The Balaban J connectivity index is 1.50. The molecule has 1 aromatic heterocycles. The highest BCUT2D eigenvalue weighted by atomic mass is 16.5. The van der Waals surface area contributed by atoms with Gasteiger partial charge in [0.25, 0.3) is 0 Å². The highest BCUT2D eigenvalue weighted by Gasteiger charge is 2.07. The van der Waals surface area contributed by atoms with Crippen LogP contribution in [0, 0.1) is 6.92 Å². The van der Waals surface area contributed by atoms with Gasteiger partial charge in [-0.2, -0.15) is 0 Å². The molecule has 0 radical (unpaired) electrons. The van der Waals surface area contributed by atoms with E-state index in [2.05, 4.69) is 4.98 Å². The van der Waals surface area contributed by atoms with Crippen molar-refractivity contribution in [3.05, 3.63) is 72.1 Å². The Labute approximate surface area is 141 Å². The van der Waals surface area contributed by atoms with E-state index in [1.54, 1.807) is 12.4 Å². The Kier molecular flexibility index (Phi) is 5.06. The largest absolute Gasteiger partial charge is 0.493 e. The molecule has 0 aliphatic carbocycles. The smallest absolute Gasteiger partial charge is 0.309 e. The number of aromatic nitrogens is 1.